The van der Waals surface area contributed by atoms with Crippen LogP contribution >= 0.6 is 0 Å². The van der Waals surface area contributed by atoms with Crippen LogP contribution in [-0.4, -0.2) is 20.3 Å². The van der Waals surface area contributed by atoms with Crippen molar-refractivity contribution < 1.29 is 9.31 Å². The zero-order valence-corrected chi connectivity index (χ0v) is 10.5. The van der Waals surface area contributed by atoms with E-state index in [2.05, 4.69) is 19.9 Å². The van der Waals surface area contributed by atoms with Crippen LogP contribution in [0.1, 0.15) is 32.3 Å². The van der Waals surface area contributed by atoms with E-state index < -0.39 is 0 Å². The number of nitrogens with zero attached hydrogens (tertiary/aromatic N) is 1. The van der Waals surface area contributed by atoms with Crippen LogP contribution in [0, 0.1) is 11.3 Å². The van der Waals surface area contributed by atoms with Gasteiger partial charge in [-0.15, -0.1) is 0 Å². The van der Waals surface area contributed by atoms with Gasteiger partial charge < -0.3 is 9.31 Å². The molecule has 0 aliphatic rings. The second kappa shape index (κ2) is 7.89. The lowest BCUT2D eigenvalue weighted by Crippen LogP contribution is -2.37. The summed E-state index contributed by atoms with van der Waals surface area (Å²) >= 11 is 0. The molecule has 17 heavy (non-hydrogen) atoms. The van der Waals surface area contributed by atoms with Crippen molar-refractivity contribution in [2.75, 3.05) is 13.2 Å². The highest BCUT2D eigenvalue weighted by atomic mass is 16.6. The highest BCUT2D eigenvalue weighted by molar-refractivity contribution is 6.61. The Hall–Kier alpha value is -1.31. The highest BCUT2D eigenvalue weighted by Crippen LogP contribution is 1.99. The van der Waals surface area contributed by atoms with Gasteiger partial charge in [0.15, 0.2) is 0 Å². The van der Waals surface area contributed by atoms with Crippen LogP contribution < -0.4 is 5.46 Å². The lowest BCUT2D eigenvalue weighted by molar-refractivity contribution is 0.207. The minimum absolute atomic E-state index is 0.317. The van der Waals surface area contributed by atoms with E-state index in [-0.39, 0.29) is 7.12 Å². The molecule has 0 aliphatic heterocycles. The van der Waals surface area contributed by atoms with Gasteiger partial charge in [0.25, 0.3) is 0 Å². The van der Waals surface area contributed by atoms with Crippen LogP contribution in [-0.2, 0) is 9.31 Å². The van der Waals surface area contributed by atoms with Crippen LogP contribution in [0.15, 0.2) is 24.3 Å². The molecule has 1 aromatic carbocycles. The van der Waals surface area contributed by atoms with E-state index in [1.807, 2.05) is 12.1 Å². The molecule has 90 valence electrons. The zero-order valence-electron chi connectivity index (χ0n) is 10.5. The van der Waals surface area contributed by atoms with E-state index in [0.29, 0.717) is 18.8 Å². The third-order valence-corrected chi connectivity index (χ3v) is 2.26. The Morgan fingerprint density at radius 2 is 1.59 bits per heavy atom. The van der Waals surface area contributed by atoms with Gasteiger partial charge in [-0.3, -0.25) is 0 Å². The molecule has 0 saturated heterocycles. The van der Waals surface area contributed by atoms with Crippen LogP contribution in [0.25, 0.3) is 0 Å². The lowest BCUT2D eigenvalue weighted by atomic mass is 9.78. The summed E-state index contributed by atoms with van der Waals surface area (Å²) in [7, 11) is -0.317. The van der Waals surface area contributed by atoms with Crippen LogP contribution in [0.3, 0.4) is 0 Å². The van der Waals surface area contributed by atoms with Gasteiger partial charge in [0.1, 0.15) is 0 Å². The van der Waals surface area contributed by atoms with Gasteiger partial charge in [0, 0.05) is 13.2 Å². The fraction of sp³-hybridized carbons (Fsp3) is 0.462. The predicted octanol–water partition coefficient (Wildman–Crippen LogP) is 2.11. The summed E-state index contributed by atoms with van der Waals surface area (Å²) in [5.41, 5.74) is 1.62. The van der Waals surface area contributed by atoms with Gasteiger partial charge >= 0.3 is 7.12 Å². The molecule has 0 bridgehead atoms. The largest absolute Gasteiger partial charge is 0.493 e. The maximum Gasteiger partial charge on any atom is 0.493 e. The predicted molar refractivity (Wildman–Crippen MR) is 69.0 cm³/mol. The van der Waals surface area contributed by atoms with Crippen molar-refractivity contribution in [1.82, 2.24) is 0 Å². The first-order valence-corrected chi connectivity index (χ1v) is 6.05. The lowest BCUT2D eigenvalue weighted by Gasteiger charge is -2.14. The maximum absolute atomic E-state index is 8.74. The molecular weight excluding hydrogens is 213 g/mol. The second-order valence-electron chi connectivity index (χ2n) is 3.81. The SMILES string of the molecule is CCCOB(OCCC)c1ccc(C#N)cc1. The molecule has 0 saturated carbocycles. The van der Waals surface area contributed by atoms with Gasteiger partial charge in [-0.1, -0.05) is 26.0 Å². The van der Waals surface area contributed by atoms with E-state index in [4.69, 9.17) is 14.6 Å². The van der Waals surface area contributed by atoms with E-state index >= 15 is 0 Å². The molecule has 0 aliphatic carbocycles. The molecule has 3 nitrogen and oxygen atoms in total. The fourth-order valence-electron chi connectivity index (χ4n) is 1.41. The zero-order chi connectivity index (χ0) is 12.5. The van der Waals surface area contributed by atoms with Crippen molar-refractivity contribution in [3.8, 4) is 6.07 Å². The molecule has 0 spiro atoms. The van der Waals surface area contributed by atoms with E-state index in [1.165, 1.54) is 0 Å². The summed E-state index contributed by atoms with van der Waals surface area (Å²) in [6.45, 7) is 5.48. The summed E-state index contributed by atoms with van der Waals surface area (Å²) in [5.74, 6) is 0. The minimum Gasteiger partial charge on any atom is -0.407 e. The fourth-order valence-corrected chi connectivity index (χ4v) is 1.41. The van der Waals surface area contributed by atoms with Gasteiger partial charge in [-0.25, -0.2) is 0 Å². The Labute approximate surface area is 103 Å². The molecule has 0 amide bonds. The van der Waals surface area contributed by atoms with Crippen molar-refractivity contribution >= 4 is 12.6 Å². The standard InChI is InChI=1S/C13H18BNO2/c1-3-9-16-14(17-10-4-2)13-7-5-12(11-15)6-8-13/h5-8H,3-4,9-10H2,1-2H3. The number of hydrogen-bond acceptors (Lipinski definition) is 3. The Kier molecular flexibility index (Phi) is 6.38. The number of hydrogen-bond donors (Lipinski definition) is 0. The Morgan fingerprint density at radius 3 is 2.00 bits per heavy atom. The van der Waals surface area contributed by atoms with Gasteiger partial charge in [0.2, 0.25) is 0 Å². The average Bonchev–Trinajstić information content (AvgIpc) is 2.39. The van der Waals surface area contributed by atoms with Crippen molar-refractivity contribution in [1.29, 1.82) is 5.26 Å². The smallest absolute Gasteiger partial charge is 0.407 e. The summed E-state index contributed by atoms with van der Waals surface area (Å²) in [6, 6.07) is 9.43. The third-order valence-electron chi connectivity index (χ3n) is 2.26. The molecule has 0 unspecified atom stereocenters. The summed E-state index contributed by atoms with van der Waals surface area (Å²) in [6.07, 6.45) is 1.92. The second-order valence-corrected chi connectivity index (χ2v) is 3.81. The van der Waals surface area contributed by atoms with E-state index in [1.54, 1.807) is 12.1 Å². The first kappa shape index (κ1) is 13.8. The first-order valence-electron chi connectivity index (χ1n) is 6.05. The van der Waals surface area contributed by atoms with Gasteiger partial charge in [-0.05, 0) is 30.4 Å². The number of benzene rings is 1. The van der Waals surface area contributed by atoms with E-state index in [9.17, 15) is 0 Å². The Morgan fingerprint density at radius 1 is 1.06 bits per heavy atom. The summed E-state index contributed by atoms with van der Waals surface area (Å²) in [5, 5.41) is 8.74. The summed E-state index contributed by atoms with van der Waals surface area (Å²) < 4.78 is 11.3. The van der Waals surface area contributed by atoms with Crippen LogP contribution in [0.2, 0.25) is 0 Å². The molecule has 1 rings (SSSR count). The summed E-state index contributed by atoms with van der Waals surface area (Å²) in [4.78, 5) is 0. The number of nitriles is 1. The Bertz CT molecular complexity index is 351. The molecular formula is C13H18BNO2. The molecule has 0 fully saturated rings. The van der Waals surface area contributed by atoms with Crippen LogP contribution in [0.5, 0.6) is 0 Å². The topological polar surface area (TPSA) is 42.2 Å². The molecule has 0 atom stereocenters. The van der Waals surface area contributed by atoms with Crippen molar-refractivity contribution in [3.05, 3.63) is 29.8 Å². The number of rotatable bonds is 7. The van der Waals surface area contributed by atoms with Crippen LogP contribution in [0.4, 0.5) is 0 Å². The van der Waals surface area contributed by atoms with Crippen molar-refractivity contribution in [2.24, 2.45) is 0 Å². The molecule has 0 radical (unpaired) electrons. The minimum atomic E-state index is -0.317. The maximum atomic E-state index is 8.74. The first-order chi connectivity index (χ1) is 8.31. The monoisotopic (exact) mass is 231 g/mol. The normalized spacial score (nSPS) is 9.94. The molecule has 4 heteroatoms. The molecule has 1 aromatic rings. The third kappa shape index (κ3) is 4.60. The highest BCUT2D eigenvalue weighted by Gasteiger charge is 2.20. The van der Waals surface area contributed by atoms with E-state index in [0.717, 1.165) is 18.3 Å². The molecule has 0 heterocycles. The Balaban J connectivity index is 2.69. The van der Waals surface area contributed by atoms with Crippen molar-refractivity contribution in [2.45, 2.75) is 26.7 Å². The quantitative estimate of drug-likeness (QED) is 0.675. The van der Waals surface area contributed by atoms with Gasteiger partial charge in [-0.2, -0.15) is 5.26 Å². The molecule has 0 N–H and O–H groups in total. The average molecular weight is 231 g/mol. The van der Waals surface area contributed by atoms with Crippen molar-refractivity contribution in [3.63, 3.8) is 0 Å². The van der Waals surface area contributed by atoms with Gasteiger partial charge in [0.05, 0.1) is 11.6 Å². The molecule has 0 aromatic heterocycles.